The highest BCUT2D eigenvalue weighted by molar-refractivity contribution is 5.74. The summed E-state index contributed by atoms with van der Waals surface area (Å²) in [5, 5.41) is 12.7. The predicted octanol–water partition coefficient (Wildman–Crippen LogP) is 2.06. The molecule has 4 heteroatoms. The second kappa shape index (κ2) is 5.50. The van der Waals surface area contributed by atoms with Gasteiger partial charge in [-0.1, -0.05) is 26.0 Å². The van der Waals surface area contributed by atoms with Gasteiger partial charge in [0.05, 0.1) is 17.6 Å². The smallest absolute Gasteiger partial charge is 0.121 e. The molecule has 1 aromatic heterocycles. The molecule has 1 aromatic carbocycles. The van der Waals surface area contributed by atoms with E-state index in [1.807, 2.05) is 24.3 Å². The Kier molecular flexibility index (Phi) is 3.99. The van der Waals surface area contributed by atoms with E-state index in [-0.39, 0.29) is 12.0 Å². The van der Waals surface area contributed by atoms with Gasteiger partial charge in [0.2, 0.25) is 0 Å². The molecule has 0 saturated carbocycles. The molecule has 1 atom stereocenters. The van der Waals surface area contributed by atoms with Crippen molar-refractivity contribution in [3.05, 3.63) is 30.1 Å². The lowest BCUT2D eigenvalue weighted by molar-refractivity contribution is 0.135. The minimum atomic E-state index is -0.0496. The van der Waals surface area contributed by atoms with Crippen molar-refractivity contribution >= 4 is 11.0 Å². The number of aromatic nitrogens is 2. The second-order valence-corrected chi connectivity index (χ2v) is 5.13. The van der Waals surface area contributed by atoms with Crippen molar-refractivity contribution < 1.29 is 5.11 Å². The standard InChI is InChI=1S/C14H21N3O/c1-3-14(2,10-18)9-15-8-13-16-11-6-4-5-7-12(11)17-13/h4-7,15,18H,3,8-10H2,1-2H3,(H,16,17). The summed E-state index contributed by atoms with van der Waals surface area (Å²) < 4.78 is 0. The number of para-hydroxylation sites is 2. The van der Waals surface area contributed by atoms with Gasteiger partial charge in [0.15, 0.2) is 0 Å². The van der Waals surface area contributed by atoms with Crippen molar-refractivity contribution in [1.29, 1.82) is 0 Å². The third-order valence-electron chi connectivity index (χ3n) is 3.52. The average molecular weight is 247 g/mol. The minimum Gasteiger partial charge on any atom is -0.396 e. The minimum absolute atomic E-state index is 0.0496. The number of benzene rings is 1. The van der Waals surface area contributed by atoms with Gasteiger partial charge >= 0.3 is 0 Å². The van der Waals surface area contributed by atoms with Gasteiger partial charge in [0, 0.05) is 18.6 Å². The number of aromatic amines is 1. The third-order valence-corrected chi connectivity index (χ3v) is 3.52. The van der Waals surface area contributed by atoms with E-state index in [1.165, 1.54) is 0 Å². The summed E-state index contributed by atoms with van der Waals surface area (Å²) in [7, 11) is 0. The molecule has 0 aliphatic carbocycles. The molecule has 2 aromatic rings. The number of aliphatic hydroxyl groups excluding tert-OH is 1. The first-order valence-electron chi connectivity index (χ1n) is 6.42. The number of rotatable bonds is 6. The summed E-state index contributed by atoms with van der Waals surface area (Å²) in [4.78, 5) is 7.79. The fourth-order valence-corrected chi connectivity index (χ4v) is 1.86. The number of fused-ring (bicyclic) bond motifs is 1. The van der Waals surface area contributed by atoms with Crippen LogP contribution >= 0.6 is 0 Å². The van der Waals surface area contributed by atoms with Gasteiger partial charge in [-0.3, -0.25) is 0 Å². The Bertz CT molecular complexity index is 469. The lowest BCUT2D eigenvalue weighted by atomic mass is 9.89. The fourth-order valence-electron chi connectivity index (χ4n) is 1.86. The van der Waals surface area contributed by atoms with Crippen LogP contribution in [0.5, 0.6) is 0 Å². The maximum absolute atomic E-state index is 9.33. The summed E-state index contributed by atoms with van der Waals surface area (Å²) in [5.41, 5.74) is 2.01. The van der Waals surface area contributed by atoms with E-state index in [1.54, 1.807) is 0 Å². The van der Waals surface area contributed by atoms with Gasteiger partial charge in [0.25, 0.3) is 0 Å². The van der Waals surface area contributed by atoms with Crippen LogP contribution in [0.15, 0.2) is 24.3 Å². The van der Waals surface area contributed by atoms with Gasteiger partial charge in [-0.25, -0.2) is 4.98 Å². The molecule has 1 unspecified atom stereocenters. The molecule has 4 nitrogen and oxygen atoms in total. The molecular weight excluding hydrogens is 226 g/mol. The van der Waals surface area contributed by atoms with E-state index in [2.05, 4.69) is 29.1 Å². The highest BCUT2D eigenvalue weighted by atomic mass is 16.3. The number of hydrogen-bond acceptors (Lipinski definition) is 3. The largest absolute Gasteiger partial charge is 0.396 e. The molecule has 98 valence electrons. The SMILES string of the molecule is CCC(C)(CO)CNCc1nc2ccccc2[nH]1. The number of nitrogens with one attached hydrogen (secondary N) is 2. The summed E-state index contributed by atoms with van der Waals surface area (Å²) >= 11 is 0. The first kappa shape index (κ1) is 13.1. The monoisotopic (exact) mass is 247 g/mol. The molecule has 0 aliphatic rings. The zero-order valence-corrected chi connectivity index (χ0v) is 11.0. The summed E-state index contributed by atoms with van der Waals surface area (Å²) in [6.45, 7) is 5.87. The van der Waals surface area contributed by atoms with Crippen LogP contribution in [0, 0.1) is 5.41 Å². The molecule has 0 amide bonds. The number of imidazole rings is 1. The number of aliphatic hydroxyl groups is 1. The average Bonchev–Trinajstić information content (AvgIpc) is 2.81. The van der Waals surface area contributed by atoms with Crippen molar-refractivity contribution in [1.82, 2.24) is 15.3 Å². The van der Waals surface area contributed by atoms with Gasteiger partial charge in [-0.15, -0.1) is 0 Å². The molecule has 0 saturated heterocycles. The Morgan fingerprint density at radius 2 is 2.17 bits per heavy atom. The van der Waals surface area contributed by atoms with Crippen LogP contribution in [-0.4, -0.2) is 28.2 Å². The van der Waals surface area contributed by atoms with Crippen LogP contribution < -0.4 is 5.32 Å². The highest BCUT2D eigenvalue weighted by Crippen LogP contribution is 2.18. The normalized spacial score (nSPS) is 14.8. The predicted molar refractivity (Wildman–Crippen MR) is 73.3 cm³/mol. The van der Waals surface area contributed by atoms with Gasteiger partial charge in [-0.2, -0.15) is 0 Å². The molecule has 3 N–H and O–H groups in total. The first-order valence-corrected chi connectivity index (χ1v) is 6.42. The van der Waals surface area contributed by atoms with E-state index in [4.69, 9.17) is 0 Å². The number of hydrogen-bond donors (Lipinski definition) is 3. The topological polar surface area (TPSA) is 60.9 Å². The number of H-pyrrole nitrogens is 1. The van der Waals surface area contributed by atoms with Crippen molar-refractivity contribution in [2.45, 2.75) is 26.8 Å². The molecule has 0 bridgehead atoms. The maximum Gasteiger partial charge on any atom is 0.121 e. The van der Waals surface area contributed by atoms with E-state index in [0.717, 1.165) is 29.8 Å². The van der Waals surface area contributed by atoms with Crippen molar-refractivity contribution in [2.75, 3.05) is 13.2 Å². The van der Waals surface area contributed by atoms with Crippen LogP contribution in [0.25, 0.3) is 11.0 Å². The van der Waals surface area contributed by atoms with Crippen LogP contribution in [0.2, 0.25) is 0 Å². The molecular formula is C14H21N3O. The second-order valence-electron chi connectivity index (χ2n) is 5.13. The number of nitrogens with zero attached hydrogens (tertiary/aromatic N) is 1. The van der Waals surface area contributed by atoms with E-state index >= 15 is 0 Å². The van der Waals surface area contributed by atoms with Gasteiger partial charge < -0.3 is 15.4 Å². The van der Waals surface area contributed by atoms with Gasteiger partial charge in [-0.05, 0) is 18.6 Å². The zero-order valence-electron chi connectivity index (χ0n) is 11.0. The molecule has 0 fully saturated rings. The van der Waals surface area contributed by atoms with Crippen LogP contribution in [0.3, 0.4) is 0 Å². The first-order chi connectivity index (χ1) is 8.67. The van der Waals surface area contributed by atoms with Gasteiger partial charge in [0.1, 0.15) is 5.82 Å². The highest BCUT2D eigenvalue weighted by Gasteiger charge is 2.20. The Morgan fingerprint density at radius 3 is 2.83 bits per heavy atom. The molecule has 2 rings (SSSR count). The Labute approximate surface area is 107 Å². The molecule has 0 aliphatic heterocycles. The van der Waals surface area contributed by atoms with Crippen LogP contribution in [0.1, 0.15) is 26.1 Å². The molecule has 0 spiro atoms. The van der Waals surface area contributed by atoms with Crippen molar-refractivity contribution in [3.63, 3.8) is 0 Å². The fraction of sp³-hybridized carbons (Fsp3) is 0.500. The molecule has 1 heterocycles. The lowest BCUT2D eigenvalue weighted by Crippen LogP contribution is -2.34. The molecule has 18 heavy (non-hydrogen) atoms. The van der Waals surface area contributed by atoms with Crippen LogP contribution in [0.4, 0.5) is 0 Å². The van der Waals surface area contributed by atoms with E-state index in [0.29, 0.717) is 6.54 Å². The summed E-state index contributed by atoms with van der Waals surface area (Å²) in [5.74, 6) is 0.938. The van der Waals surface area contributed by atoms with E-state index in [9.17, 15) is 5.11 Å². The molecule has 0 radical (unpaired) electrons. The Morgan fingerprint density at radius 1 is 1.39 bits per heavy atom. The van der Waals surface area contributed by atoms with E-state index < -0.39 is 0 Å². The Balaban J connectivity index is 1.94. The Hall–Kier alpha value is -1.39. The summed E-state index contributed by atoms with van der Waals surface area (Å²) in [6.07, 6.45) is 0.955. The van der Waals surface area contributed by atoms with Crippen LogP contribution in [-0.2, 0) is 6.54 Å². The zero-order chi connectivity index (χ0) is 13.0. The quantitative estimate of drug-likeness (QED) is 0.732. The summed E-state index contributed by atoms with van der Waals surface area (Å²) in [6, 6.07) is 8.01. The maximum atomic E-state index is 9.33. The van der Waals surface area contributed by atoms with Crippen molar-refractivity contribution in [2.24, 2.45) is 5.41 Å². The van der Waals surface area contributed by atoms with Crippen molar-refractivity contribution in [3.8, 4) is 0 Å². The third kappa shape index (κ3) is 2.89. The lowest BCUT2D eigenvalue weighted by Gasteiger charge is -2.25.